The maximum atomic E-state index is 12.1. The van der Waals surface area contributed by atoms with Gasteiger partial charge >= 0.3 is 0 Å². The Hall–Kier alpha value is -0.610. The second-order valence-corrected chi connectivity index (χ2v) is 5.65. The zero-order valence-electron chi connectivity index (χ0n) is 11.8. The molecule has 0 aromatic rings. The van der Waals surface area contributed by atoms with Gasteiger partial charge < -0.3 is 10.2 Å². The zero-order chi connectivity index (χ0) is 13.0. The van der Waals surface area contributed by atoms with E-state index >= 15 is 0 Å². The molecule has 18 heavy (non-hydrogen) atoms. The smallest absolute Gasteiger partial charge is 0.225 e. The highest BCUT2D eigenvalue weighted by Gasteiger charge is 2.28. The van der Waals surface area contributed by atoms with Crippen LogP contribution in [-0.4, -0.2) is 61.0 Å². The standard InChI is InChI=1S/C14H27N3O/c1-3-12(2)14(18)17-8-4-13(5-9-17)16-10-6-15-7-11-16/h12-13,15H,3-11H2,1-2H3. The molecule has 2 aliphatic rings. The number of carbonyl (C=O) groups excluding carboxylic acids is 1. The molecule has 1 atom stereocenters. The second-order valence-electron chi connectivity index (χ2n) is 5.65. The third kappa shape index (κ3) is 3.23. The fourth-order valence-electron chi connectivity index (χ4n) is 2.98. The van der Waals surface area contributed by atoms with Crippen molar-refractivity contribution in [2.24, 2.45) is 5.92 Å². The zero-order valence-corrected chi connectivity index (χ0v) is 11.8. The molecular formula is C14H27N3O. The van der Waals surface area contributed by atoms with E-state index in [1.54, 1.807) is 0 Å². The number of likely N-dealkylation sites (tertiary alicyclic amines) is 1. The Bertz CT molecular complexity index is 268. The first-order chi connectivity index (χ1) is 8.72. The predicted molar refractivity (Wildman–Crippen MR) is 73.5 cm³/mol. The van der Waals surface area contributed by atoms with E-state index in [9.17, 15) is 4.79 Å². The number of piperazine rings is 1. The minimum Gasteiger partial charge on any atom is -0.342 e. The lowest BCUT2D eigenvalue weighted by atomic mass is 10.00. The molecule has 4 nitrogen and oxygen atoms in total. The number of piperidine rings is 1. The van der Waals surface area contributed by atoms with Gasteiger partial charge in [-0.1, -0.05) is 13.8 Å². The van der Waals surface area contributed by atoms with E-state index in [2.05, 4.69) is 22.0 Å². The van der Waals surface area contributed by atoms with Gasteiger partial charge in [-0.2, -0.15) is 0 Å². The lowest BCUT2D eigenvalue weighted by Crippen LogP contribution is -2.53. The van der Waals surface area contributed by atoms with Crippen LogP contribution in [0.4, 0.5) is 0 Å². The summed E-state index contributed by atoms with van der Waals surface area (Å²) in [6.45, 7) is 10.6. The molecule has 4 heteroatoms. The monoisotopic (exact) mass is 253 g/mol. The lowest BCUT2D eigenvalue weighted by Gasteiger charge is -2.40. The average Bonchev–Trinajstić information content (AvgIpc) is 2.47. The topological polar surface area (TPSA) is 35.6 Å². The Morgan fingerprint density at radius 3 is 2.39 bits per heavy atom. The molecule has 0 bridgehead atoms. The highest BCUT2D eigenvalue weighted by atomic mass is 16.2. The highest BCUT2D eigenvalue weighted by molar-refractivity contribution is 5.78. The number of hydrogen-bond acceptors (Lipinski definition) is 3. The number of nitrogens with zero attached hydrogens (tertiary/aromatic N) is 2. The van der Waals surface area contributed by atoms with Crippen LogP contribution in [0.15, 0.2) is 0 Å². The summed E-state index contributed by atoms with van der Waals surface area (Å²) in [5, 5.41) is 3.40. The molecule has 2 fully saturated rings. The van der Waals surface area contributed by atoms with Crippen molar-refractivity contribution in [1.29, 1.82) is 0 Å². The largest absolute Gasteiger partial charge is 0.342 e. The van der Waals surface area contributed by atoms with Crippen molar-refractivity contribution in [1.82, 2.24) is 15.1 Å². The minimum absolute atomic E-state index is 0.195. The molecule has 0 aliphatic carbocycles. The Kier molecular flexibility index (Phi) is 5.01. The van der Waals surface area contributed by atoms with Crippen LogP contribution in [0.1, 0.15) is 33.1 Å². The summed E-state index contributed by atoms with van der Waals surface area (Å²) in [6, 6.07) is 0.702. The Balaban J connectivity index is 1.78. The van der Waals surface area contributed by atoms with Gasteiger partial charge in [0.25, 0.3) is 0 Å². The van der Waals surface area contributed by atoms with E-state index in [4.69, 9.17) is 0 Å². The summed E-state index contributed by atoms with van der Waals surface area (Å²) in [7, 11) is 0. The summed E-state index contributed by atoms with van der Waals surface area (Å²) in [5.41, 5.74) is 0. The van der Waals surface area contributed by atoms with Crippen molar-refractivity contribution < 1.29 is 4.79 Å². The fourth-order valence-corrected chi connectivity index (χ4v) is 2.98. The molecule has 0 spiro atoms. The molecular weight excluding hydrogens is 226 g/mol. The minimum atomic E-state index is 0.195. The van der Waals surface area contributed by atoms with E-state index in [0.29, 0.717) is 11.9 Å². The predicted octanol–water partition coefficient (Wildman–Crippen LogP) is 0.929. The first kappa shape index (κ1) is 13.8. The van der Waals surface area contributed by atoms with Gasteiger partial charge in [0.2, 0.25) is 5.91 Å². The van der Waals surface area contributed by atoms with Gasteiger partial charge in [-0.05, 0) is 19.3 Å². The Morgan fingerprint density at radius 2 is 1.83 bits per heavy atom. The van der Waals surface area contributed by atoms with Gasteiger partial charge in [-0.3, -0.25) is 9.69 Å². The van der Waals surface area contributed by atoms with Crippen LogP contribution in [0.2, 0.25) is 0 Å². The quantitative estimate of drug-likeness (QED) is 0.813. The molecule has 1 unspecified atom stereocenters. The molecule has 2 rings (SSSR count). The third-order valence-corrected chi connectivity index (χ3v) is 4.48. The van der Waals surface area contributed by atoms with E-state index < -0.39 is 0 Å². The van der Waals surface area contributed by atoms with Gasteiger partial charge in [0, 0.05) is 51.2 Å². The van der Waals surface area contributed by atoms with Gasteiger partial charge in [-0.15, -0.1) is 0 Å². The van der Waals surface area contributed by atoms with Crippen molar-refractivity contribution in [3.63, 3.8) is 0 Å². The van der Waals surface area contributed by atoms with Crippen LogP contribution in [0.3, 0.4) is 0 Å². The summed E-state index contributed by atoms with van der Waals surface area (Å²) in [5.74, 6) is 0.553. The summed E-state index contributed by atoms with van der Waals surface area (Å²) < 4.78 is 0. The number of amides is 1. The molecule has 1 amide bonds. The number of rotatable bonds is 3. The lowest BCUT2D eigenvalue weighted by molar-refractivity contribution is -0.136. The molecule has 104 valence electrons. The van der Waals surface area contributed by atoms with Crippen LogP contribution >= 0.6 is 0 Å². The van der Waals surface area contributed by atoms with Gasteiger partial charge in [0.05, 0.1) is 0 Å². The Morgan fingerprint density at radius 1 is 1.22 bits per heavy atom. The highest BCUT2D eigenvalue weighted by Crippen LogP contribution is 2.19. The average molecular weight is 253 g/mol. The van der Waals surface area contributed by atoms with Crippen molar-refractivity contribution in [2.45, 2.75) is 39.2 Å². The molecule has 1 N–H and O–H groups in total. The van der Waals surface area contributed by atoms with Crippen LogP contribution in [0.5, 0.6) is 0 Å². The maximum absolute atomic E-state index is 12.1. The van der Waals surface area contributed by atoms with Crippen LogP contribution < -0.4 is 5.32 Å². The summed E-state index contributed by atoms with van der Waals surface area (Å²) >= 11 is 0. The fraction of sp³-hybridized carbons (Fsp3) is 0.929. The van der Waals surface area contributed by atoms with E-state index in [1.165, 1.54) is 13.1 Å². The van der Waals surface area contributed by atoms with Gasteiger partial charge in [0.1, 0.15) is 0 Å². The second kappa shape index (κ2) is 6.53. The van der Waals surface area contributed by atoms with Gasteiger partial charge in [0.15, 0.2) is 0 Å². The normalized spacial score (nSPS) is 25.1. The van der Waals surface area contributed by atoms with E-state index in [1.807, 2.05) is 6.92 Å². The van der Waals surface area contributed by atoms with Crippen LogP contribution in [0, 0.1) is 5.92 Å². The molecule has 2 saturated heterocycles. The van der Waals surface area contributed by atoms with Crippen molar-refractivity contribution in [3.8, 4) is 0 Å². The van der Waals surface area contributed by atoms with Crippen molar-refractivity contribution >= 4 is 5.91 Å². The molecule has 0 saturated carbocycles. The number of hydrogen-bond donors (Lipinski definition) is 1. The van der Waals surface area contributed by atoms with E-state index in [-0.39, 0.29) is 5.92 Å². The molecule has 0 aromatic carbocycles. The van der Waals surface area contributed by atoms with E-state index in [0.717, 1.165) is 45.4 Å². The maximum Gasteiger partial charge on any atom is 0.225 e. The summed E-state index contributed by atoms with van der Waals surface area (Å²) in [6.07, 6.45) is 3.26. The van der Waals surface area contributed by atoms with Crippen LogP contribution in [0.25, 0.3) is 0 Å². The third-order valence-electron chi connectivity index (χ3n) is 4.48. The molecule has 0 radical (unpaired) electrons. The number of nitrogens with one attached hydrogen (secondary N) is 1. The molecule has 2 aliphatic heterocycles. The van der Waals surface area contributed by atoms with Gasteiger partial charge in [-0.25, -0.2) is 0 Å². The van der Waals surface area contributed by atoms with Crippen molar-refractivity contribution in [2.75, 3.05) is 39.3 Å². The first-order valence-corrected chi connectivity index (χ1v) is 7.46. The first-order valence-electron chi connectivity index (χ1n) is 7.46. The van der Waals surface area contributed by atoms with Crippen LogP contribution in [-0.2, 0) is 4.79 Å². The SMILES string of the molecule is CCC(C)C(=O)N1CCC(N2CCNCC2)CC1. The molecule has 0 aromatic heterocycles. The molecule has 2 heterocycles. The Labute approximate surface area is 111 Å². The van der Waals surface area contributed by atoms with Crippen molar-refractivity contribution in [3.05, 3.63) is 0 Å². The number of carbonyl (C=O) groups is 1. The summed E-state index contributed by atoms with van der Waals surface area (Å²) in [4.78, 5) is 16.8.